The highest BCUT2D eigenvalue weighted by molar-refractivity contribution is 7.89. The van der Waals surface area contributed by atoms with Gasteiger partial charge in [-0.15, -0.1) is 0 Å². The molecule has 2 rings (SSSR count). The summed E-state index contributed by atoms with van der Waals surface area (Å²) in [7, 11) is -3.70. The van der Waals surface area contributed by atoms with Gasteiger partial charge < -0.3 is 14.8 Å². The van der Waals surface area contributed by atoms with Crippen LogP contribution in [0.15, 0.2) is 39.6 Å². The highest BCUT2D eigenvalue weighted by Gasteiger charge is 2.18. The number of amides is 1. The number of aliphatic hydroxyl groups excluding tert-OH is 1. The van der Waals surface area contributed by atoms with Crippen molar-refractivity contribution in [2.24, 2.45) is 5.92 Å². The Kier molecular flexibility index (Phi) is 6.80. The number of anilines is 1. The third-order valence-electron chi connectivity index (χ3n) is 4.10. The number of rotatable bonds is 8. The summed E-state index contributed by atoms with van der Waals surface area (Å²) >= 11 is 0. The molecule has 27 heavy (non-hydrogen) atoms. The van der Waals surface area contributed by atoms with Crippen LogP contribution in [0.1, 0.15) is 43.5 Å². The quantitative estimate of drug-likeness (QED) is 0.638. The van der Waals surface area contributed by atoms with Gasteiger partial charge in [0.05, 0.1) is 11.0 Å². The summed E-state index contributed by atoms with van der Waals surface area (Å²) in [6.45, 7) is 7.19. The molecule has 1 unspecified atom stereocenters. The fourth-order valence-electron chi connectivity index (χ4n) is 2.55. The Morgan fingerprint density at radius 2 is 1.81 bits per heavy atom. The summed E-state index contributed by atoms with van der Waals surface area (Å²) in [6, 6.07) is 7.69. The van der Waals surface area contributed by atoms with Crippen molar-refractivity contribution in [1.82, 2.24) is 4.72 Å². The topological polar surface area (TPSA) is 109 Å². The first-order valence-corrected chi connectivity index (χ1v) is 10.2. The van der Waals surface area contributed by atoms with E-state index in [-0.39, 0.29) is 29.7 Å². The predicted molar refractivity (Wildman–Crippen MR) is 103 cm³/mol. The van der Waals surface area contributed by atoms with Crippen LogP contribution < -0.4 is 10.0 Å². The Balaban J connectivity index is 1.94. The first kappa shape index (κ1) is 21.1. The standard InChI is InChI=1S/C19H26N2O5S/c1-12(2)19(23)21-15-5-7-16(8-6-15)27(24,25)20-10-9-18(22)17-11-13(3)26-14(17)4/h5-8,11-12,18,20,22H,9-10H2,1-4H3,(H,21,23). The number of hydrogen-bond donors (Lipinski definition) is 3. The molecular formula is C19H26N2O5S. The number of aliphatic hydroxyl groups is 1. The van der Waals surface area contributed by atoms with Crippen LogP contribution in [0.5, 0.6) is 0 Å². The number of aryl methyl sites for hydroxylation is 2. The van der Waals surface area contributed by atoms with Crippen LogP contribution in [0.3, 0.4) is 0 Å². The van der Waals surface area contributed by atoms with Crippen LogP contribution >= 0.6 is 0 Å². The van der Waals surface area contributed by atoms with Crippen molar-refractivity contribution in [1.29, 1.82) is 0 Å². The molecule has 0 fully saturated rings. The molecule has 1 aromatic carbocycles. The maximum Gasteiger partial charge on any atom is 0.240 e. The van der Waals surface area contributed by atoms with E-state index in [1.54, 1.807) is 45.9 Å². The van der Waals surface area contributed by atoms with Crippen LogP contribution in [0.4, 0.5) is 5.69 Å². The fraction of sp³-hybridized carbons (Fsp3) is 0.421. The summed E-state index contributed by atoms with van der Waals surface area (Å²) < 4.78 is 32.6. The van der Waals surface area contributed by atoms with E-state index in [9.17, 15) is 18.3 Å². The summed E-state index contributed by atoms with van der Waals surface area (Å²) in [5.41, 5.74) is 1.20. The lowest BCUT2D eigenvalue weighted by molar-refractivity contribution is -0.118. The van der Waals surface area contributed by atoms with Gasteiger partial charge in [0.15, 0.2) is 0 Å². The second-order valence-corrected chi connectivity index (χ2v) is 8.51. The van der Waals surface area contributed by atoms with E-state index in [0.717, 1.165) is 0 Å². The summed E-state index contributed by atoms with van der Waals surface area (Å²) in [5, 5.41) is 12.9. The Hall–Kier alpha value is -2.16. The van der Waals surface area contributed by atoms with Crippen molar-refractivity contribution in [3.63, 3.8) is 0 Å². The molecule has 0 bridgehead atoms. The molecule has 8 heteroatoms. The highest BCUT2D eigenvalue weighted by atomic mass is 32.2. The first-order chi connectivity index (χ1) is 12.6. The minimum Gasteiger partial charge on any atom is -0.466 e. The van der Waals surface area contributed by atoms with Crippen LogP contribution in [-0.4, -0.2) is 26.0 Å². The summed E-state index contributed by atoms with van der Waals surface area (Å²) in [6.07, 6.45) is -0.583. The molecule has 0 aliphatic carbocycles. The van der Waals surface area contributed by atoms with Gasteiger partial charge in [0, 0.05) is 23.7 Å². The zero-order valence-corrected chi connectivity index (χ0v) is 16.8. The van der Waals surface area contributed by atoms with E-state index in [2.05, 4.69) is 10.0 Å². The molecule has 3 N–H and O–H groups in total. The monoisotopic (exact) mass is 394 g/mol. The average Bonchev–Trinajstić information content (AvgIpc) is 2.93. The molecule has 1 atom stereocenters. The zero-order valence-electron chi connectivity index (χ0n) is 15.9. The molecule has 0 radical (unpaired) electrons. The largest absolute Gasteiger partial charge is 0.466 e. The van der Waals surface area contributed by atoms with Crippen LogP contribution in [-0.2, 0) is 14.8 Å². The summed E-state index contributed by atoms with van der Waals surface area (Å²) in [5.74, 6) is 1.03. The molecule has 0 saturated heterocycles. The lowest BCUT2D eigenvalue weighted by Crippen LogP contribution is -2.26. The molecule has 1 amide bonds. The lowest BCUT2D eigenvalue weighted by atomic mass is 10.1. The Labute approximate surface area is 159 Å². The fourth-order valence-corrected chi connectivity index (χ4v) is 3.60. The number of carbonyl (C=O) groups is 1. The van der Waals surface area contributed by atoms with Gasteiger partial charge in [-0.05, 0) is 50.6 Å². The molecular weight excluding hydrogens is 368 g/mol. The van der Waals surface area contributed by atoms with Crippen molar-refractivity contribution in [3.05, 3.63) is 47.4 Å². The van der Waals surface area contributed by atoms with Crippen LogP contribution in [0.25, 0.3) is 0 Å². The second kappa shape index (κ2) is 8.69. The summed E-state index contributed by atoms with van der Waals surface area (Å²) in [4.78, 5) is 11.8. The van der Waals surface area contributed by atoms with Gasteiger partial charge in [-0.3, -0.25) is 4.79 Å². The molecule has 1 heterocycles. The van der Waals surface area contributed by atoms with Crippen LogP contribution in [0, 0.1) is 19.8 Å². The molecule has 7 nitrogen and oxygen atoms in total. The maximum absolute atomic E-state index is 12.4. The number of hydrogen-bond acceptors (Lipinski definition) is 5. The molecule has 0 saturated carbocycles. The minimum atomic E-state index is -3.70. The minimum absolute atomic E-state index is 0.0823. The van der Waals surface area contributed by atoms with E-state index in [1.165, 1.54) is 12.1 Å². The third-order valence-corrected chi connectivity index (χ3v) is 5.58. The maximum atomic E-state index is 12.4. The van der Waals surface area contributed by atoms with Gasteiger partial charge in [-0.2, -0.15) is 0 Å². The number of furan rings is 1. The number of sulfonamides is 1. The van der Waals surface area contributed by atoms with E-state index >= 15 is 0 Å². The number of nitrogens with one attached hydrogen (secondary N) is 2. The van der Waals surface area contributed by atoms with Crippen molar-refractivity contribution in [3.8, 4) is 0 Å². The van der Waals surface area contributed by atoms with E-state index < -0.39 is 16.1 Å². The van der Waals surface area contributed by atoms with Gasteiger partial charge in [0.2, 0.25) is 15.9 Å². The Morgan fingerprint density at radius 3 is 2.33 bits per heavy atom. The van der Waals surface area contributed by atoms with E-state index in [4.69, 9.17) is 4.42 Å². The average molecular weight is 394 g/mol. The number of benzene rings is 1. The highest BCUT2D eigenvalue weighted by Crippen LogP contribution is 2.23. The molecule has 2 aromatic rings. The second-order valence-electron chi connectivity index (χ2n) is 6.74. The SMILES string of the molecule is Cc1cc(C(O)CCNS(=O)(=O)c2ccc(NC(=O)C(C)C)cc2)c(C)o1. The smallest absolute Gasteiger partial charge is 0.240 e. The van der Waals surface area contributed by atoms with Gasteiger partial charge in [-0.1, -0.05) is 13.8 Å². The predicted octanol–water partition coefficient (Wildman–Crippen LogP) is 2.89. The lowest BCUT2D eigenvalue weighted by Gasteiger charge is -2.12. The van der Waals surface area contributed by atoms with E-state index in [0.29, 0.717) is 22.8 Å². The van der Waals surface area contributed by atoms with Gasteiger partial charge in [0.1, 0.15) is 11.5 Å². The van der Waals surface area contributed by atoms with E-state index in [1.807, 2.05) is 0 Å². The third kappa shape index (κ3) is 5.66. The van der Waals surface area contributed by atoms with Crippen molar-refractivity contribution in [2.75, 3.05) is 11.9 Å². The van der Waals surface area contributed by atoms with Crippen molar-refractivity contribution < 1.29 is 22.7 Å². The van der Waals surface area contributed by atoms with Crippen molar-refractivity contribution in [2.45, 2.75) is 45.1 Å². The Morgan fingerprint density at radius 1 is 1.19 bits per heavy atom. The molecule has 1 aromatic heterocycles. The van der Waals surface area contributed by atoms with Crippen LogP contribution in [0.2, 0.25) is 0 Å². The molecule has 0 aliphatic rings. The first-order valence-electron chi connectivity index (χ1n) is 8.75. The number of carbonyl (C=O) groups excluding carboxylic acids is 1. The van der Waals surface area contributed by atoms with Crippen molar-refractivity contribution >= 4 is 21.6 Å². The normalized spacial score (nSPS) is 13.0. The molecule has 0 spiro atoms. The zero-order chi connectivity index (χ0) is 20.2. The van der Waals surface area contributed by atoms with Gasteiger partial charge in [-0.25, -0.2) is 13.1 Å². The molecule has 148 valence electrons. The molecule has 0 aliphatic heterocycles. The van der Waals surface area contributed by atoms with Gasteiger partial charge in [0.25, 0.3) is 0 Å². The Bertz CT molecular complexity index is 885. The van der Waals surface area contributed by atoms with Gasteiger partial charge >= 0.3 is 0 Å².